The van der Waals surface area contributed by atoms with Gasteiger partial charge in [0.05, 0.1) is 5.75 Å². The van der Waals surface area contributed by atoms with Gasteiger partial charge in [0.15, 0.2) is 4.34 Å². The second-order valence-electron chi connectivity index (χ2n) is 6.91. The Kier molecular flexibility index (Phi) is 8.03. The number of amides is 4. The Bertz CT molecular complexity index is 898. The SMILES string of the molecule is CC(=O)Nc1cccc(NC(=O)CSc2nnc(NC(=O)NC3CCCCC3)s2)c1. The molecule has 9 nitrogen and oxygen atoms in total. The predicted octanol–water partition coefficient (Wildman–Crippen LogP) is 3.68. The fourth-order valence-electron chi connectivity index (χ4n) is 3.09. The van der Waals surface area contributed by atoms with Crippen molar-refractivity contribution < 1.29 is 14.4 Å². The molecule has 1 aliphatic carbocycles. The van der Waals surface area contributed by atoms with Crippen molar-refractivity contribution in [2.45, 2.75) is 49.4 Å². The van der Waals surface area contributed by atoms with Crippen molar-refractivity contribution in [1.82, 2.24) is 15.5 Å². The highest BCUT2D eigenvalue weighted by atomic mass is 32.2. The molecule has 1 saturated carbocycles. The van der Waals surface area contributed by atoms with E-state index < -0.39 is 0 Å². The van der Waals surface area contributed by atoms with Crippen LogP contribution in [-0.2, 0) is 9.59 Å². The van der Waals surface area contributed by atoms with Crippen LogP contribution in [0.25, 0.3) is 0 Å². The molecule has 0 bridgehead atoms. The van der Waals surface area contributed by atoms with E-state index in [0.29, 0.717) is 20.8 Å². The van der Waals surface area contributed by atoms with Crippen LogP contribution in [0, 0.1) is 0 Å². The molecule has 0 radical (unpaired) electrons. The Balaban J connectivity index is 1.42. The number of anilines is 3. The van der Waals surface area contributed by atoms with Gasteiger partial charge in [-0.3, -0.25) is 14.9 Å². The first-order chi connectivity index (χ1) is 14.5. The highest BCUT2D eigenvalue weighted by Gasteiger charge is 2.17. The molecule has 160 valence electrons. The number of hydrogen-bond donors (Lipinski definition) is 4. The summed E-state index contributed by atoms with van der Waals surface area (Å²) in [6.45, 7) is 1.42. The fraction of sp³-hybridized carbons (Fsp3) is 0.421. The molecule has 4 N–H and O–H groups in total. The topological polar surface area (TPSA) is 125 Å². The third kappa shape index (κ3) is 7.30. The third-order valence-electron chi connectivity index (χ3n) is 4.36. The Labute approximate surface area is 182 Å². The Hall–Kier alpha value is -2.66. The number of rotatable bonds is 7. The quantitative estimate of drug-likeness (QED) is 0.378. The van der Waals surface area contributed by atoms with Gasteiger partial charge in [-0.2, -0.15) is 0 Å². The van der Waals surface area contributed by atoms with Crippen LogP contribution in [0.1, 0.15) is 39.0 Å². The van der Waals surface area contributed by atoms with Gasteiger partial charge in [0.2, 0.25) is 16.9 Å². The van der Waals surface area contributed by atoms with Crippen LogP contribution in [-0.4, -0.2) is 39.8 Å². The van der Waals surface area contributed by atoms with Gasteiger partial charge in [0.1, 0.15) is 0 Å². The summed E-state index contributed by atoms with van der Waals surface area (Å²) in [5, 5.41) is 19.5. The highest BCUT2D eigenvalue weighted by molar-refractivity contribution is 8.01. The molecule has 1 aliphatic rings. The van der Waals surface area contributed by atoms with Crippen LogP contribution in [0.2, 0.25) is 0 Å². The van der Waals surface area contributed by atoms with Gasteiger partial charge in [0, 0.05) is 24.3 Å². The van der Waals surface area contributed by atoms with Crippen LogP contribution in [0.5, 0.6) is 0 Å². The first kappa shape index (κ1) is 22.0. The Morgan fingerprint density at radius 1 is 1.07 bits per heavy atom. The van der Waals surface area contributed by atoms with Crippen molar-refractivity contribution in [1.29, 1.82) is 0 Å². The normalized spacial score (nSPS) is 14.0. The molecule has 0 spiro atoms. The highest BCUT2D eigenvalue weighted by Crippen LogP contribution is 2.26. The molecular weight excluding hydrogens is 424 g/mol. The lowest BCUT2D eigenvalue weighted by molar-refractivity contribution is -0.114. The minimum atomic E-state index is -0.272. The van der Waals surface area contributed by atoms with Crippen molar-refractivity contribution in [2.24, 2.45) is 0 Å². The number of hydrogen-bond acceptors (Lipinski definition) is 7. The minimum absolute atomic E-state index is 0.146. The van der Waals surface area contributed by atoms with Gasteiger partial charge < -0.3 is 16.0 Å². The number of carbonyl (C=O) groups excluding carboxylic acids is 3. The summed E-state index contributed by atoms with van der Waals surface area (Å²) >= 11 is 2.46. The summed E-state index contributed by atoms with van der Waals surface area (Å²) in [5.41, 5.74) is 1.20. The number of aromatic nitrogens is 2. The number of carbonyl (C=O) groups is 3. The van der Waals surface area contributed by atoms with E-state index in [-0.39, 0.29) is 29.6 Å². The molecule has 1 aromatic heterocycles. The van der Waals surface area contributed by atoms with Crippen molar-refractivity contribution in [3.8, 4) is 0 Å². The molecule has 0 unspecified atom stereocenters. The molecule has 1 fully saturated rings. The number of urea groups is 1. The molecule has 0 aliphatic heterocycles. The van der Waals surface area contributed by atoms with E-state index in [1.165, 1.54) is 36.4 Å². The van der Waals surface area contributed by atoms with Gasteiger partial charge in [-0.1, -0.05) is 48.4 Å². The van der Waals surface area contributed by atoms with E-state index in [4.69, 9.17) is 0 Å². The van der Waals surface area contributed by atoms with Crippen LogP contribution < -0.4 is 21.3 Å². The van der Waals surface area contributed by atoms with Crippen molar-refractivity contribution >= 4 is 57.5 Å². The van der Waals surface area contributed by atoms with E-state index >= 15 is 0 Å². The van der Waals surface area contributed by atoms with Gasteiger partial charge in [-0.15, -0.1) is 10.2 Å². The maximum absolute atomic E-state index is 12.2. The fourth-order valence-corrected chi connectivity index (χ4v) is 4.63. The number of benzene rings is 1. The van der Waals surface area contributed by atoms with Crippen molar-refractivity contribution in [2.75, 3.05) is 21.7 Å². The molecule has 11 heteroatoms. The summed E-state index contributed by atoms with van der Waals surface area (Å²) in [6, 6.07) is 6.86. The minimum Gasteiger partial charge on any atom is -0.335 e. The van der Waals surface area contributed by atoms with Crippen molar-refractivity contribution in [3.05, 3.63) is 24.3 Å². The lowest BCUT2D eigenvalue weighted by Crippen LogP contribution is -2.38. The largest absolute Gasteiger partial charge is 0.335 e. The van der Waals surface area contributed by atoms with Crippen LogP contribution in [0.4, 0.5) is 21.3 Å². The Morgan fingerprint density at radius 3 is 2.53 bits per heavy atom. The number of nitrogens with zero attached hydrogens (tertiary/aromatic N) is 2. The number of thioether (sulfide) groups is 1. The standard InChI is InChI=1S/C19H24N6O3S2/c1-12(26)20-14-8-5-9-15(10-14)21-16(27)11-29-19-25-24-18(30-19)23-17(28)22-13-6-3-2-4-7-13/h5,8-10,13H,2-4,6-7,11H2,1H3,(H,20,26)(H,21,27)(H2,22,23,24,28). The lowest BCUT2D eigenvalue weighted by atomic mass is 9.96. The smallest absolute Gasteiger partial charge is 0.321 e. The van der Waals surface area contributed by atoms with E-state index in [9.17, 15) is 14.4 Å². The van der Waals surface area contributed by atoms with Gasteiger partial charge in [-0.25, -0.2) is 4.79 Å². The zero-order chi connectivity index (χ0) is 21.3. The molecular formula is C19H24N6O3S2. The van der Waals surface area contributed by atoms with Gasteiger partial charge >= 0.3 is 6.03 Å². The molecule has 1 heterocycles. The molecule has 0 saturated heterocycles. The second kappa shape index (κ2) is 10.9. The third-order valence-corrected chi connectivity index (χ3v) is 6.33. The molecule has 1 aromatic carbocycles. The van der Waals surface area contributed by atoms with E-state index in [2.05, 4.69) is 31.5 Å². The molecule has 2 aromatic rings. The predicted molar refractivity (Wildman–Crippen MR) is 119 cm³/mol. The summed E-state index contributed by atoms with van der Waals surface area (Å²) in [5.74, 6) is -0.241. The van der Waals surface area contributed by atoms with Gasteiger partial charge in [0.25, 0.3) is 0 Å². The number of nitrogens with one attached hydrogen (secondary N) is 4. The molecule has 30 heavy (non-hydrogen) atoms. The Morgan fingerprint density at radius 2 is 1.80 bits per heavy atom. The van der Waals surface area contributed by atoms with E-state index in [1.807, 2.05) is 0 Å². The van der Waals surface area contributed by atoms with E-state index in [0.717, 1.165) is 25.7 Å². The maximum Gasteiger partial charge on any atom is 0.321 e. The monoisotopic (exact) mass is 448 g/mol. The first-order valence-electron chi connectivity index (χ1n) is 9.69. The zero-order valence-electron chi connectivity index (χ0n) is 16.6. The van der Waals surface area contributed by atoms with Crippen molar-refractivity contribution in [3.63, 3.8) is 0 Å². The molecule has 0 atom stereocenters. The summed E-state index contributed by atoms with van der Waals surface area (Å²) in [4.78, 5) is 35.4. The molecule has 4 amide bonds. The van der Waals surface area contributed by atoms with Crippen LogP contribution >= 0.6 is 23.1 Å². The van der Waals surface area contributed by atoms with Gasteiger partial charge in [-0.05, 0) is 31.0 Å². The van der Waals surface area contributed by atoms with Crippen LogP contribution in [0.3, 0.4) is 0 Å². The van der Waals surface area contributed by atoms with Crippen LogP contribution in [0.15, 0.2) is 28.6 Å². The first-order valence-corrected chi connectivity index (χ1v) is 11.5. The second-order valence-corrected chi connectivity index (χ2v) is 9.11. The summed E-state index contributed by atoms with van der Waals surface area (Å²) in [7, 11) is 0. The zero-order valence-corrected chi connectivity index (χ0v) is 18.2. The molecule has 3 rings (SSSR count). The average molecular weight is 449 g/mol. The maximum atomic E-state index is 12.2. The average Bonchev–Trinajstić information content (AvgIpc) is 3.14. The summed E-state index contributed by atoms with van der Waals surface area (Å²) < 4.78 is 0.588. The van der Waals surface area contributed by atoms with E-state index in [1.54, 1.807) is 24.3 Å². The lowest BCUT2D eigenvalue weighted by Gasteiger charge is -2.22. The summed E-state index contributed by atoms with van der Waals surface area (Å²) in [6.07, 6.45) is 5.53.